The highest BCUT2D eigenvalue weighted by Gasteiger charge is 2.18. The molecule has 0 bridgehead atoms. The predicted octanol–water partition coefficient (Wildman–Crippen LogP) is 2.96. The highest BCUT2D eigenvalue weighted by atomic mass is 16.5. The maximum absolute atomic E-state index is 12.9. The van der Waals surface area contributed by atoms with Crippen LogP contribution in [0.3, 0.4) is 0 Å². The Morgan fingerprint density at radius 3 is 2.65 bits per heavy atom. The van der Waals surface area contributed by atoms with Crippen molar-refractivity contribution in [3.63, 3.8) is 0 Å². The lowest BCUT2D eigenvalue weighted by Gasteiger charge is -2.19. The number of guanidine groups is 1. The first-order valence-electron chi connectivity index (χ1n) is 10.8. The Balaban J connectivity index is 2.18. The highest BCUT2D eigenvalue weighted by Crippen LogP contribution is 2.32. The molecule has 3 aromatic rings. The molecule has 0 aliphatic heterocycles. The van der Waals surface area contributed by atoms with Gasteiger partial charge in [-0.25, -0.2) is 9.98 Å². The normalized spacial score (nSPS) is 11.8. The van der Waals surface area contributed by atoms with Crippen LogP contribution >= 0.6 is 0 Å². The minimum atomic E-state index is -0.239. The average molecular weight is 426 g/mol. The van der Waals surface area contributed by atoms with Crippen molar-refractivity contribution in [2.24, 2.45) is 17.8 Å². The number of nitrogens with two attached hydrogens (primary N) is 1. The molecule has 0 spiro atoms. The fourth-order valence-electron chi connectivity index (χ4n) is 3.58. The number of H-pyrrole nitrogens is 1. The summed E-state index contributed by atoms with van der Waals surface area (Å²) in [4.78, 5) is 27.0. The third-order valence-corrected chi connectivity index (χ3v) is 5.10. The van der Waals surface area contributed by atoms with Crippen molar-refractivity contribution in [3.8, 4) is 17.1 Å². The number of aliphatic imine (C=N–C) groups is 1. The summed E-state index contributed by atoms with van der Waals surface area (Å²) < 4.78 is 7.39. The lowest BCUT2D eigenvalue weighted by Crippen LogP contribution is -2.36. The minimum absolute atomic E-state index is 0.239. The monoisotopic (exact) mass is 425 g/mol. The van der Waals surface area contributed by atoms with Crippen molar-refractivity contribution < 1.29 is 4.74 Å². The third-order valence-electron chi connectivity index (χ3n) is 5.10. The summed E-state index contributed by atoms with van der Waals surface area (Å²) in [5.74, 6) is 1.48. The van der Waals surface area contributed by atoms with E-state index in [2.05, 4.69) is 22.0 Å². The molecule has 0 saturated heterocycles. The molecule has 31 heavy (non-hydrogen) atoms. The standard InChI is InChI=1S/C22H31N7O2/c1-6-10-16-18-19(28(5)27-16)21(30)26-20(25-18)15-13-14(11-12-17(15)31-9-4)24-22(23)29(7-2)8-3/h11-13H,6-10H2,1-5H3,(H2,23,24)(H,25,26,30). The van der Waals surface area contributed by atoms with Crippen molar-refractivity contribution in [2.45, 2.75) is 40.5 Å². The van der Waals surface area contributed by atoms with Crippen molar-refractivity contribution in [2.75, 3.05) is 19.7 Å². The number of hydrogen-bond acceptors (Lipinski definition) is 5. The van der Waals surface area contributed by atoms with Crippen molar-refractivity contribution in [3.05, 3.63) is 34.2 Å². The smallest absolute Gasteiger partial charge is 0.277 e. The van der Waals surface area contributed by atoms with Gasteiger partial charge in [0.15, 0.2) is 11.5 Å². The molecule has 0 fully saturated rings. The van der Waals surface area contributed by atoms with Crippen molar-refractivity contribution in [1.29, 1.82) is 0 Å². The van der Waals surface area contributed by atoms with Crippen LogP contribution in [0, 0.1) is 0 Å². The molecule has 0 aliphatic carbocycles. The number of ether oxygens (including phenoxy) is 1. The maximum atomic E-state index is 12.9. The molecule has 9 nitrogen and oxygen atoms in total. The molecule has 0 atom stereocenters. The summed E-state index contributed by atoms with van der Waals surface area (Å²) >= 11 is 0. The van der Waals surface area contributed by atoms with Crippen LogP contribution in [0.4, 0.5) is 5.69 Å². The van der Waals surface area contributed by atoms with Gasteiger partial charge >= 0.3 is 0 Å². The molecular weight excluding hydrogens is 394 g/mol. The highest BCUT2D eigenvalue weighted by molar-refractivity contribution is 5.83. The molecule has 0 unspecified atom stereocenters. The van der Waals surface area contributed by atoms with E-state index in [1.54, 1.807) is 11.7 Å². The first-order chi connectivity index (χ1) is 14.9. The Morgan fingerprint density at radius 2 is 2.00 bits per heavy atom. The van der Waals surface area contributed by atoms with Crippen LogP contribution < -0.4 is 16.0 Å². The summed E-state index contributed by atoms with van der Waals surface area (Å²) in [6.07, 6.45) is 1.66. The van der Waals surface area contributed by atoms with Gasteiger partial charge < -0.3 is 20.4 Å². The van der Waals surface area contributed by atoms with Gasteiger partial charge in [-0.2, -0.15) is 5.10 Å². The molecule has 1 aromatic carbocycles. The van der Waals surface area contributed by atoms with Crippen LogP contribution in [0.2, 0.25) is 0 Å². The van der Waals surface area contributed by atoms with Gasteiger partial charge in [0.05, 0.1) is 23.6 Å². The van der Waals surface area contributed by atoms with Gasteiger partial charge in [0.25, 0.3) is 5.56 Å². The molecule has 2 heterocycles. The average Bonchev–Trinajstić information content (AvgIpc) is 3.06. The first-order valence-corrected chi connectivity index (χ1v) is 10.8. The van der Waals surface area contributed by atoms with E-state index in [4.69, 9.17) is 15.5 Å². The van der Waals surface area contributed by atoms with E-state index in [0.29, 0.717) is 46.4 Å². The zero-order valence-electron chi connectivity index (χ0n) is 18.9. The number of aromatic amines is 1. The van der Waals surface area contributed by atoms with E-state index < -0.39 is 0 Å². The Labute approximate surface area is 182 Å². The second kappa shape index (κ2) is 9.63. The number of benzene rings is 1. The molecule has 0 radical (unpaired) electrons. The summed E-state index contributed by atoms with van der Waals surface area (Å²) in [7, 11) is 1.76. The van der Waals surface area contributed by atoms with Gasteiger partial charge in [-0.05, 0) is 45.4 Å². The van der Waals surface area contributed by atoms with Crippen molar-refractivity contribution in [1.82, 2.24) is 24.6 Å². The molecule has 0 aliphatic rings. The molecule has 166 valence electrons. The molecule has 3 rings (SSSR count). The molecule has 9 heteroatoms. The Hall–Kier alpha value is -3.36. The number of aromatic nitrogens is 4. The number of fused-ring (bicyclic) bond motifs is 1. The van der Waals surface area contributed by atoms with Gasteiger partial charge in [0.1, 0.15) is 17.1 Å². The largest absolute Gasteiger partial charge is 0.493 e. The lowest BCUT2D eigenvalue weighted by molar-refractivity contribution is 0.341. The summed E-state index contributed by atoms with van der Waals surface area (Å²) in [5.41, 5.74) is 9.13. The maximum Gasteiger partial charge on any atom is 0.277 e. The Kier molecular flexibility index (Phi) is 6.94. The van der Waals surface area contributed by atoms with Crippen molar-refractivity contribution >= 4 is 22.7 Å². The van der Waals surface area contributed by atoms with Crippen LogP contribution in [0.15, 0.2) is 28.0 Å². The second-order valence-corrected chi connectivity index (χ2v) is 7.19. The fourth-order valence-corrected chi connectivity index (χ4v) is 3.58. The second-order valence-electron chi connectivity index (χ2n) is 7.19. The summed E-state index contributed by atoms with van der Waals surface area (Å²) in [6, 6.07) is 5.50. The predicted molar refractivity (Wildman–Crippen MR) is 124 cm³/mol. The minimum Gasteiger partial charge on any atom is -0.493 e. The summed E-state index contributed by atoms with van der Waals surface area (Å²) in [6.45, 7) is 10.1. The lowest BCUT2D eigenvalue weighted by atomic mass is 10.1. The molecule has 0 saturated carbocycles. The fraction of sp³-hybridized carbons (Fsp3) is 0.455. The molecule has 3 N–H and O–H groups in total. The quantitative estimate of drug-likeness (QED) is 0.424. The van der Waals surface area contributed by atoms with Gasteiger partial charge in [-0.1, -0.05) is 13.3 Å². The van der Waals surface area contributed by atoms with E-state index >= 15 is 0 Å². The number of nitrogens with zero attached hydrogens (tertiary/aromatic N) is 5. The summed E-state index contributed by atoms with van der Waals surface area (Å²) in [5, 5.41) is 4.49. The Bertz CT molecular complexity index is 1140. The first kappa shape index (κ1) is 22.3. The van der Waals surface area contributed by atoms with E-state index in [9.17, 15) is 4.79 Å². The zero-order valence-corrected chi connectivity index (χ0v) is 18.9. The van der Waals surface area contributed by atoms with E-state index in [-0.39, 0.29) is 5.56 Å². The van der Waals surface area contributed by atoms with Crippen LogP contribution in [-0.4, -0.2) is 50.3 Å². The zero-order chi connectivity index (χ0) is 22.5. The van der Waals surface area contributed by atoms with E-state index in [1.807, 2.05) is 43.9 Å². The van der Waals surface area contributed by atoms with Crippen LogP contribution in [0.25, 0.3) is 22.4 Å². The number of rotatable bonds is 8. The van der Waals surface area contributed by atoms with Crippen LogP contribution in [0.5, 0.6) is 5.75 Å². The van der Waals surface area contributed by atoms with Crippen LogP contribution in [0.1, 0.15) is 39.8 Å². The number of hydrogen-bond donors (Lipinski definition) is 2. The SMILES string of the molecule is CCCc1nn(C)c2c(=O)[nH]c(-c3cc(N=C(N)N(CC)CC)ccc3OCC)nc12. The van der Waals surface area contributed by atoms with E-state index in [0.717, 1.165) is 31.6 Å². The van der Waals surface area contributed by atoms with Gasteiger partial charge in [0.2, 0.25) is 0 Å². The van der Waals surface area contributed by atoms with Gasteiger partial charge in [0, 0.05) is 20.1 Å². The van der Waals surface area contributed by atoms with E-state index in [1.165, 1.54) is 0 Å². The topological polar surface area (TPSA) is 114 Å². The van der Waals surface area contributed by atoms with Gasteiger partial charge in [-0.3, -0.25) is 9.48 Å². The van der Waals surface area contributed by atoms with Gasteiger partial charge in [-0.15, -0.1) is 0 Å². The molecular formula is C22H31N7O2. The van der Waals surface area contributed by atoms with Crippen LogP contribution in [-0.2, 0) is 13.5 Å². The number of aryl methyl sites for hydroxylation is 2. The third kappa shape index (κ3) is 4.55. The molecule has 0 amide bonds. The molecule has 2 aromatic heterocycles. The number of nitrogens with one attached hydrogen (secondary N) is 1. The Morgan fingerprint density at radius 1 is 1.26 bits per heavy atom.